The maximum Gasteiger partial charge on any atom is 0.342 e. The van der Waals surface area contributed by atoms with Gasteiger partial charge in [-0.25, -0.2) is 9.78 Å². The number of benzene rings is 1. The predicted octanol–water partition coefficient (Wildman–Crippen LogP) is 3.82. The summed E-state index contributed by atoms with van der Waals surface area (Å²) in [7, 11) is 1.64. The Kier molecular flexibility index (Phi) is 6.39. The molecule has 0 fully saturated rings. The van der Waals surface area contributed by atoms with Crippen molar-refractivity contribution in [3.8, 4) is 0 Å². The van der Waals surface area contributed by atoms with E-state index in [0.29, 0.717) is 22.8 Å². The van der Waals surface area contributed by atoms with Crippen LogP contribution in [0.5, 0.6) is 0 Å². The molecule has 0 aliphatic carbocycles. The molecule has 0 atom stereocenters. The minimum atomic E-state index is -0.664. The third-order valence-corrected chi connectivity index (χ3v) is 4.12. The van der Waals surface area contributed by atoms with E-state index in [4.69, 9.17) is 27.9 Å². The molecular weight excluding hydrogens is 363 g/mol. The van der Waals surface area contributed by atoms with Gasteiger partial charge in [-0.3, -0.25) is 4.79 Å². The Balaban J connectivity index is 1.95. The number of nitrogens with zero attached hydrogens (tertiary/aromatic N) is 2. The molecule has 0 saturated carbocycles. The highest BCUT2D eigenvalue weighted by Crippen LogP contribution is 2.19. The van der Waals surface area contributed by atoms with E-state index in [9.17, 15) is 9.59 Å². The summed E-state index contributed by atoms with van der Waals surface area (Å²) in [6, 6.07) is 8.91. The van der Waals surface area contributed by atoms with Crippen LogP contribution in [0.2, 0.25) is 10.2 Å². The van der Waals surface area contributed by atoms with Gasteiger partial charge < -0.3 is 9.64 Å². The molecule has 5 nitrogen and oxygen atoms in total. The molecule has 0 bridgehead atoms. The summed E-state index contributed by atoms with van der Waals surface area (Å²) in [5.41, 5.74) is 2.47. The van der Waals surface area contributed by atoms with Crippen LogP contribution in [0.25, 0.3) is 0 Å². The standard InChI is InChI=1S/C18H18Cl2N2O3/c1-11-8-12(2)21-17(20)16(11)18(24)25-10-15(23)22(3)9-13-4-6-14(19)7-5-13/h4-8H,9-10H2,1-3H3. The van der Waals surface area contributed by atoms with Gasteiger partial charge in [-0.1, -0.05) is 35.3 Å². The molecule has 25 heavy (non-hydrogen) atoms. The first-order valence-electron chi connectivity index (χ1n) is 7.57. The second-order valence-corrected chi connectivity index (χ2v) is 6.49. The number of carbonyl (C=O) groups is 2. The molecule has 7 heteroatoms. The lowest BCUT2D eigenvalue weighted by molar-refractivity contribution is -0.133. The van der Waals surface area contributed by atoms with Gasteiger partial charge in [-0.2, -0.15) is 0 Å². The summed E-state index contributed by atoms with van der Waals surface area (Å²) in [5.74, 6) is -0.986. The van der Waals surface area contributed by atoms with Crippen molar-refractivity contribution in [1.29, 1.82) is 0 Å². The Labute approximate surface area is 156 Å². The zero-order valence-corrected chi connectivity index (χ0v) is 15.7. The summed E-state index contributed by atoms with van der Waals surface area (Å²) >= 11 is 11.8. The van der Waals surface area contributed by atoms with Crippen LogP contribution in [-0.4, -0.2) is 35.4 Å². The number of rotatable bonds is 5. The van der Waals surface area contributed by atoms with Crippen molar-refractivity contribution in [3.05, 3.63) is 62.9 Å². The van der Waals surface area contributed by atoms with Crippen LogP contribution in [0.15, 0.2) is 30.3 Å². The van der Waals surface area contributed by atoms with Crippen molar-refractivity contribution in [2.75, 3.05) is 13.7 Å². The van der Waals surface area contributed by atoms with Crippen molar-refractivity contribution in [2.24, 2.45) is 0 Å². The number of carbonyl (C=O) groups excluding carboxylic acids is 2. The van der Waals surface area contributed by atoms with Crippen LogP contribution in [0.4, 0.5) is 0 Å². The largest absolute Gasteiger partial charge is 0.452 e. The first kappa shape index (κ1) is 19.2. The number of amides is 1. The lowest BCUT2D eigenvalue weighted by Gasteiger charge is -2.17. The van der Waals surface area contributed by atoms with Gasteiger partial charge in [0.05, 0.1) is 5.56 Å². The highest BCUT2D eigenvalue weighted by Gasteiger charge is 2.19. The van der Waals surface area contributed by atoms with E-state index in [0.717, 1.165) is 5.56 Å². The van der Waals surface area contributed by atoms with Crippen LogP contribution in [-0.2, 0) is 16.1 Å². The number of pyridine rings is 1. The number of esters is 1. The maximum atomic E-state index is 12.2. The highest BCUT2D eigenvalue weighted by molar-refractivity contribution is 6.32. The average molecular weight is 381 g/mol. The summed E-state index contributed by atoms with van der Waals surface area (Å²) in [6.07, 6.45) is 0. The summed E-state index contributed by atoms with van der Waals surface area (Å²) in [4.78, 5) is 29.8. The van der Waals surface area contributed by atoms with Crippen molar-refractivity contribution < 1.29 is 14.3 Å². The molecule has 0 aliphatic heterocycles. The molecule has 0 unspecified atom stereocenters. The Morgan fingerprint density at radius 2 is 1.80 bits per heavy atom. The second kappa shape index (κ2) is 8.32. The van der Waals surface area contributed by atoms with Crippen molar-refractivity contribution in [2.45, 2.75) is 20.4 Å². The number of aromatic nitrogens is 1. The van der Waals surface area contributed by atoms with Gasteiger partial charge >= 0.3 is 5.97 Å². The number of ether oxygens (including phenoxy) is 1. The number of aryl methyl sites for hydroxylation is 2. The minimum absolute atomic E-state index is 0.0736. The monoisotopic (exact) mass is 380 g/mol. The van der Waals surface area contributed by atoms with Crippen molar-refractivity contribution in [3.63, 3.8) is 0 Å². The molecule has 0 aliphatic rings. The minimum Gasteiger partial charge on any atom is -0.452 e. The lowest BCUT2D eigenvalue weighted by Crippen LogP contribution is -2.31. The zero-order chi connectivity index (χ0) is 18.6. The van der Waals surface area contributed by atoms with E-state index in [2.05, 4.69) is 4.98 Å². The fourth-order valence-electron chi connectivity index (χ4n) is 2.30. The molecule has 1 aromatic carbocycles. The van der Waals surface area contributed by atoms with Crippen LogP contribution in [0.1, 0.15) is 27.2 Å². The number of hydrogen-bond acceptors (Lipinski definition) is 4. The van der Waals surface area contributed by atoms with Gasteiger partial charge in [0.2, 0.25) is 0 Å². The smallest absolute Gasteiger partial charge is 0.342 e. The van der Waals surface area contributed by atoms with Crippen molar-refractivity contribution >= 4 is 35.1 Å². The molecule has 0 saturated heterocycles. The Morgan fingerprint density at radius 3 is 2.40 bits per heavy atom. The van der Waals surface area contributed by atoms with E-state index >= 15 is 0 Å². The molecule has 132 valence electrons. The quantitative estimate of drug-likeness (QED) is 0.584. The second-order valence-electron chi connectivity index (χ2n) is 5.70. The molecule has 1 aromatic heterocycles. The maximum absolute atomic E-state index is 12.2. The SMILES string of the molecule is Cc1cc(C)c(C(=O)OCC(=O)N(C)Cc2ccc(Cl)cc2)c(Cl)n1. The van der Waals surface area contributed by atoms with Crippen LogP contribution < -0.4 is 0 Å². The number of likely N-dealkylation sites (N-methyl/N-ethyl adjacent to an activating group) is 1. The van der Waals surface area contributed by atoms with E-state index in [1.807, 2.05) is 12.1 Å². The van der Waals surface area contributed by atoms with Crippen LogP contribution >= 0.6 is 23.2 Å². The van der Waals surface area contributed by atoms with Crippen LogP contribution in [0.3, 0.4) is 0 Å². The first-order chi connectivity index (χ1) is 11.8. The van der Waals surface area contributed by atoms with E-state index in [1.165, 1.54) is 4.90 Å². The van der Waals surface area contributed by atoms with Gasteiger partial charge in [-0.05, 0) is 43.2 Å². The van der Waals surface area contributed by atoms with E-state index < -0.39 is 5.97 Å². The molecule has 2 aromatic rings. The Morgan fingerprint density at radius 1 is 1.16 bits per heavy atom. The number of hydrogen-bond donors (Lipinski definition) is 0. The fourth-order valence-corrected chi connectivity index (χ4v) is 2.78. The number of halogens is 2. The van der Waals surface area contributed by atoms with Crippen LogP contribution in [0, 0.1) is 13.8 Å². The highest BCUT2D eigenvalue weighted by atomic mass is 35.5. The predicted molar refractivity (Wildman–Crippen MR) is 96.9 cm³/mol. The van der Waals surface area contributed by atoms with Gasteiger partial charge in [-0.15, -0.1) is 0 Å². The topological polar surface area (TPSA) is 59.5 Å². The molecule has 0 radical (unpaired) electrons. The molecule has 2 rings (SSSR count). The normalized spacial score (nSPS) is 10.4. The third-order valence-electron chi connectivity index (χ3n) is 3.59. The van der Waals surface area contributed by atoms with Gasteiger partial charge in [0.15, 0.2) is 6.61 Å². The van der Waals surface area contributed by atoms with E-state index in [1.54, 1.807) is 39.1 Å². The first-order valence-corrected chi connectivity index (χ1v) is 8.33. The summed E-state index contributed by atoms with van der Waals surface area (Å²) < 4.78 is 5.09. The van der Waals surface area contributed by atoms with E-state index in [-0.39, 0.29) is 23.2 Å². The van der Waals surface area contributed by atoms with Gasteiger partial charge in [0.1, 0.15) is 5.15 Å². The van der Waals surface area contributed by atoms with Gasteiger partial charge in [0.25, 0.3) is 5.91 Å². The molecule has 1 amide bonds. The fraction of sp³-hybridized carbons (Fsp3) is 0.278. The summed E-state index contributed by atoms with van der Waals surface area (Å²) in [6.45, 7) is 3.54. The average Bonchev–Trinajstić information content (AvgIpc) is 2.53. The Hall–Kier alpha value is -2.11. The molecule has 1 heterocycles. The Bertz CT molecular complexity index is 768. The summed E-state index contributed by atoms with van der Waals surface area (Å²) in [5, 5.41) is 0.704. The molecule has 0 N–H and O–H groups in total. The third kappa shape index (κ3) is 5.18. The van der Waals surface area contributed by atoms with Gasteiger partial charge in [0, 0.05) is 24.3 Å². The molecule has 0 spiro atoms. The lowest BCUT2D eigenvalue weighted by atomic mass is 10.1. The zero-order valence-electron chi connectivity index (χ0n) is 14.2. The molecular formula is C18H18Cl2N2O3. The van der Waals surface area contributed by atoms with Crippen molar-refractivity contribution in [1.82, 2.24) is 9.88 Å².